The van der Waals surface area contributed by atoms with Crippen molar-refractivity contribution in [3.63, 3.8) is 0 Å². The van der Waals surface area contributed by atoms with Crippen molar-refractivity contribution in [1.29, 1.82) is 0 Å². The van der Waals surface area contributed by atoms with Crippen LogP contribution in [-0.2, 0) is 4.74 Å². The zero-order chi connectivity index (χ0) is 10.7. The average molecular weight is 224 g/mol. The summed E-state index contributed by atoms with van der Waals surface area (Å²) < 4.78 is 6.03. The first-order valence-electron chi connectivity index (χ1n) is 6.53. The first-order valence-corrected chi connectivity index (χ1v) is 7.53. The van der Waals surface area contributed by atoms with Crippen LogP contribution in [0, 0.1) is 5.92 Å². The van der Waals surface area contributed by atoms with Crippen molar-refractivity contribution in [1.82, 2.24) is 0 Å². The largest absolute Gasteiger partial charge is 0.375 e. The van der Waals surface area contributed by atoms with E-state index in [0.717, 1.165) is 22.8 Å². The summed E-state index contributed by atoms with van der Waals surface area (Å²) in [4.78, 5) is 0. The van der Waals surface area contributed by atoms with Crippen LogP contribution in [0.15, 0.2) is 11.6 Å². The lowest BCUT2D eigenvalue weighted by Crippen LogP contribution is -2.38. The maximum atomic E-state index is 6.03. The Hall–Kier alpha value is -0.0831. The second-order valence-corrected chi connectivity index (χ2v) is 7.05. The van der Waals surface area contributed by atoms with Gasteiger partial charge >= 0.3 is 0 Å². The normalized spacial score (nSPS) is 34.9. The van der Waals surface area contributed by atoms with Gasteiger partial charge in [0.25, 0.3) is 0 Å². The van der Waals surface area contributed by atoms with E-state index in [0.29, 0.717) is 0 Å². The van der Waals surface area contributed by atoms with Crippen molar-refractivity contribution in [3.8, 4) is 0 Å². The minimum atomic E-state index is 0.195. The van der Waals surface area contributed by atoms with Crippen molar-refractivity contribution in [2.75, 3.05) is 6.61 Å². The molecule has 2 heteroatoms. The first-order chi connectivity index (χ1) is 7.21. The molecule has 0 radical (unpaired) electrons. The fraction of sp³-hybridized carbons (Fsp3) is 0.846. The Morgan fingerprint density at radius 3 is 2.60 bits per heavy atom. The van der Waals surface area contributed by atoms with E-state index in [1.54, 1.807) is 5.57 Å². The van der Waals surface area contributed by atoms with Crippen LogP contribution in [0.3, 0.4) is 0 Å². The minimum absolute atomic E-state index is 0.195. The van der Waals surface area contributed by atoms with E-state index in [1.165, 1.54) is 44.9 Å². The van der Waals surface area contributed by atoms with Gasteiger partial charge in [0, 0.05) is 16.8 Å². The third-order valence-electron chi connectivity index (χ3n) is 4.19. The summed E-state index contributed by atoms with van der Waals surface area (Å²) in [5.41, 5.74) is 1.54. The molecule has 0 aromatic heterocycles. The zero-order valence-corrected chi connectivity index (χ0v) is 12.2. The van der Waals surface area contributed by atoms with E-state index in [2.05, 4.69) is 13.0 Å². The fourth-order valence-electron chi connectivity index (χ4n) is 2.90. The molecule has 1 saturated carbocycles. The highest BCUT2D eigenvalue weighted by molar-refractivity contribution is 6.16. The molecule has 0 aromatic carbocycles. The molecule has 1 nitrogen and oxygen atoms in total. The van der Waals surface area contributed by atoms with Gasteiger partial charge in [-0.25, -0.2) is 0 Å². The van der Waals surface area contributed by atoms with Crippen molar-refractivity contribution < 1.29 is 4.74 Å². The highest BCUT2D eigenvalue weighted by Gasteiger charge is 2.30. The Balaban J connectivity index is 2.00. The molecule has 1 unspecified atom stereocenters. The maximum Gasteiger partial charge on any atom is 0.0681 e. The van der Waals surface area contributed by atoms with Crippen molar-refractivity contribution >= 4 is 10.2 Å². The average Bonchev–Trinajstić information content (AvgIpc) is 2.71. The Labute approximate surface area is 96.7 Å². The van der Waals surface area contributed by atoms with Gasteiger partial charge in [-0.05, 0) is 50.5 Å². The Morgan fingerprint density at radius 1 is 1.27 bits per heavy atom. The predicted octanol–water partition coefficient (Wildman–Crippen LogP) is 2.39. The molecule has 15 heavy (non-hydrogen) atoms. The van der Waals surface area contributed by atoms with E-state index in [1.807, 2.05) is 0 Å². The molecule has 2 fully saturated rings. The van der Waals surface area contributed by atoms with Gasteiger partial charge in [-0.15, -0.1) is 0 Å². The zero-order valence-electron chi connectivity index (χ0n) is 10.2. The number of hydrogen-bond donors (Lipinski definition) is 0. The van der Waals surface area contributed by atoms with Crippen LogP contribution in [0.2, 0.25) is 0 Å². The topological polar surface area (TPSA) is 9.23 Å². The quantitative estimate of drug-likeness (QED) is 0.517. The molecule has 1 atom stereocenters. The molecule has 0 N–H and O–H groups in total. The number of hydrogen-bond acceptors (Lipinski definition) is 1. The van der Waals surface area contributed by atoms with Gasteiger partial charge in [0.1, 0.15) is 0 Å². The Kier molecular flexibility index (Phi) is 3.67. The summed E-state index contributed by atoms with van der Waals surface area (Å²) in [7, 11) is 1.15. The SMILES string of the molecule is CC(=CC1CCCC1)C1([SiH3])CCCCO1. The van der Waals surface area contributed by atoms with Crippen LogP contribution < -0.4 is 0 Å². The minimum Gasteiger partial charge on any atom is -0.375 e. The maximum absolute atomic E-state index is 6.03. The lowest BCUT2D eigenvalue weighted by molar-refractivity contribution is 0.00717. The van der Waals surface area contributed by atoms with E-state index >= 15 is 0 Å². The van der Waals surface area contributed by atoms with Crippen molar-refractivity contribution in [2.45, 2.75) is 57.1 Å². The molecule has 1 heterocycles. The first kappa shape index (κ1) is 11.4. The molecule has 0 spiro atoms. The highest BCUT2D eigenvalue weighted by atomic mass is 28.1. The molecule has 2 rings (SSSR count). The van der Waals surface area contributed by atoms with Crippen LogP contribution in [0.4, 0.5) is 0 Å². The van der Waals surface area contributed by atoms with Gasteiger partial charge in [-0.2, -0.15) is 0 Å². The van der Waals surface area contributed by atoms with Crippen LogP contribution in [0.1, 0.15) is 51.9 Å². The standard InChI is InChI=1S/C13H24OSi/c1-11(10-12-6-2-3-7-12)13(15)8-4-5-9-14-13/h10,12H,2-9H2,1,15H3. The van der Waals surface area contributed by atoms with Gasteiger partial charge in [0.2, 0.25) is 0 Å². The Bertz CT molecular complexity index is 235. The Morgan fingerprint density at radius 2 is 2.00 bits per heavy atom. The molecule has 86 valence electrons. The highest BCUT2D eigenvalue weighted by Crippen LogP contribution is 2.33. The van der Waals surface area contributed by atoms with Crippen molar-refractivity contribution in [2.24, 2.45) is 5.92 Å². The van der Waals surface area contributed by atoms with E-state index in [9.17, 15) is 0 Å². The molecule has 1 aliphatic carbocycles. The lowest BCUT2D eigenvalue weighted by atomic mass is 9.96. The summed E-state index contributed by atoms with van der Waals surface area (Å²) in [6.07, 6.45) is 12.1. The molecule has 0 bridgehead atoms. The fourth-order valence-corrected chi connectivity index (χ4v) is 3.62. The monoisotopic (exact) mass is 224 g/mol. The lowest BCUT2D eigenvalue weighted by Gasteiger charge is -2.35. The second kappa shape index (κ2) is 4.83. The van der Waals surface area contributed by atoms with Gasteiger partial charge in [-0.1, -0.05) is 18.9 Å². The molecule has 2 aliphatic rings. The molecule has 1 saturated heterocycles. The summed E-state index contributed by atoms with van der Waals surface area (Å²) >= 11 is 0. The molecular weight excluding hydrogens is 200 g/mol. The smallest absolute Gasteiger partial charge is 0.0681 e. The summed E-state index contributed by atoms with van der Waals surface area (Å²) in [6, 6.07) is 0. The van der Waals surface area contributed by atoms with Gasteiger partial charge in [0.05, 0.1) is 5.22 Å². The summed E-state index contributed by atoms with van der Waals surface area (Å²) in [5.74, 6) is 0.862. The summed E-state index contributed by atoms with van der Waals surface area (Å²) in [6.45, 7) is 3.29. The van der Waals surface area contributed by atoms with Crippen molar-refractivity contribution in [3.05, 3.63) is 11.6 Å². The van der Waals surface area contributed by atoms with Crippen LogP contribution >= 0.6 is 0 Å². The molecule has 0 aromatic rings. The third kappa shape index (κ3) is 2.73. The van der Waals surface area contributed by atoms with Crippen LogP contribution in [-0.4, -0.2) is 22.1 Å². The molecular formula is C13H24OSi. The number of rotatable bonds is 2. The predicted molar refractivity (Wildman–Crippen MR) is 68.2 cm³/mol. The second-order valence-electron chi connectivity index (χ2n) is 5.43. The number of allylic oxidation sites excluding steroid dienone is 1. The van der Waals surface area contributed by atoms with Gasteiger partial charge < -0.3 is 4.74 Å². The van der Waals surface area contributed by atoms with E-state index in [4.69, 9.17) is 4.74 Å². The van der Waals surface area contributed by atoms with E-state index < -0.39 is 0 Å². The third-order valence-corrected chi connectivity index (χ3v) is 5.77. The van der Waals surface area contributed by atoms with Crippen LogP contribution in [0.5, 0.6) is 0 Å². The molecule has 1 aliphatic heterocycles. The van der Waals surface area contributed by atoms with Gasteiger partial charge in [0.15, 0.2) is 0 Å². The van der Waals surface area contributed by atoms with E-state index in [-0.39, 0.29) is 5.22 Å². The summed E-state index contributed by atoms with van der Waals surface area (Å²) in [5, 5.41) is 0.195. The van der Waals surface area contributed by atoms with Crippen LogP contribution in [0.25, 0.3) is 0 Å². The van der Waals surface area contributed by atoms with Gasteiger partial charge in [-0.3, -0.25) is 0 Å². The number of ether oxygens (including phenoxy) is 1. The molecule has 0 amide bonds.